The maximum atomic E-state index is 13.4. The van der Waals surface area contributed by atoms with Crippen LogP contribution in [0.5, 0.6) is 11.8 Å². The van der Waals surface area contributed by atoms with Crippen LogP contribution in [0.1, 0.15) is 71.6 Å². The molecule has 1 aromatic rings. The van der Waals surface area contributed by atoms with Crippen LogP contribution in [0.3, 0.4) is 0 Å². The molecule has 0 saturated heterocycles. The average Bonchev–Trinajstić information content (AvgIpc) is 3.25. The summed E-state index contributed by atoms with van der Waals surface area (Å²) >= 11 is 0. The molecular formula is C26H39BN2O4. The third-order valence-corrected chi connectivity index (χ3v) is 10.8. The Morgan fingerprint density at radius 3 is 2.52 bits per heavy atom. The van der Waals surface area contributed by atoms with Gasteiger partial charge in [0.15, 0.2) is 13.6 Å². The van der Waals surface area contributed by atoms with Gasteiger partial charge in [-0.25, -0.2) is 4.98 Å². The van der Waals surface area contributed by atoms with Crippen molar-refractivity contribution < 1.29 is 19.7 Å². The number of fused-ring (bicyclic) bond motifs is 5. The molecule has 4 aliphatic rings. The minimum Gasteiger partial charge on any atom is -0.491 e. The van der Waals surface area contributed by atoms with Crippen LogP contribution in [0.15, 0.2) is 0 Å². The van der Waals surface area contributed by atoms with E-state index >= 15 is 0 Å². The van der Waals surface area contributed by atoms with Crippen molar-refractivity contribution in [2.45, 2.75) is 78.2 Å². The third-order valence-electron chi connectivity index (χ3n) is 10.8. The number of methoxy groups -OCH3 is 1. The zero-order valence-corrected chi connectivity index (χ0v) is 20.4. The molecule has 4 fully saturated rings. The van der Waals surface area contributed by atoms with Crippen molar-refractivity contribution in [1.82, 2.24) is 9.55 Å². The van der Waals surface area contributed by atoms with Gasteiger partial charge >= 0.3 is 0 Å². The summed E-state index contributed by atoms with van der Waals surface area (Å²) in [7, 11) is 7.65. The molecule has 0 spiro atoms. The Bertz CT molecular complexity index is 918. The smallest absolute Gasteiger partial charge is 0.274 e. The number of Topliss-reactive ketones (excluding diaryl/α,β-unsaturated/α-hetero) is 1. The molecule has 6 nitrogen and oxygen atoms in total. The van der Waals surface area contributed by atoms with E-state index in [1.807, 2.05) is 7.11 Å². The van der Waals surface area contributed by atoms with E-state index in [2.05, 4.69) is 18.8 Å². The van der Waals surface area contributed by atoms with Gasteiger partial charge in [-0.2, -0.15) is 0 Å². The van der Waals surface area contributed by atoms with Crippen LogP contribution in [0.2, 0.25) is 0 Å². The molecule has 5 rings (SSSR count). The highest BCUT2D eigenvalue weighted by atomic mass is 16.5. The first-order valence-corrected chi connectivity index (χ1v) is 12.9. The first kappa shape index (κ1) is 23.3. The molecule has 0 aromatic carbocycles. The number of aromatic nitrogens is 2. The van der Waals surface area contributed by atoms with Crippen LogP contribution >= 0.6 is 0 Å². The van der Waals surface area contributed by atoms with Gasteiger partial charge in [-0.1, -0.05) is 13.8 Å². The minimum absolute atomic E-state index is 0.0156. The minimum atomic E-state index is -0.512. The van der Waals surface area contributed by atoms with E-state index in [0.29, 0.717) is 11.3 Å². The van der Waals surface area contributed by atoms with Crippen molar-refractivity contribution in [3.05, 3.63) is 0 Å². The highest BCUT2D eigenvalue weighted by Gasteiger charge is 2.61. The van der Waals surface area contributed by atoms with Gasteiger partial charge in [0.1, 0.15) is 0 Å². The lowest BCUT2D eigenvalue weighted by Gasteiger charge is -2.61. The monoisotopic (exact) mass is 454 g/mol. The number of hydrogen-bond donors (Lipinski definition) is 2. The normalized spacial score (nSPS) is 42.4. The number of imidazole rings is 1. The standard InChI is InChI=1S/C26H39BN2O4/c1-25-10-8-15(14-33-3)12-16(25)4-5-17-18-6-7-20(26(18,2)11-9-19(17)25)21(30)13-29-23(32)22(31)28-24(29)27/h15-20,31-32H,4-14H2,1-3H3. The fourth-order valence-electron chi connectivity index (χ4n) is 9.13. The predicted octanol–water partition coefficient (Wildman–Crippen LogP) is 3.58. The van der Waals surface area contributed by atoms with Crippen molar-refractivity contribution in [3.8, 4) is 11.8 Å². The van der Waals surface area contributed by atoms with E-state index in [-0.39, 0.29) is 29.4 Å². The molecule has 4 saturated carbocycles. The zero-order chi connectivity index (χ0) is 23.5. The third kappa shape index (κ3) is 3.55. The summed E-state index contributed by atoms with van der Waals surface area (Å²) in [6, 6.07) is 0. The first-order valence-electron chi connectivity index (χ1n) is 12.9. The topological polar surface area (TPSA) is 84.6 Å². The molecular weight excluding hydrogens is 415 g/mol. The Balaban J connectivity index is 1.32. The Hall–Kier alpha value is -1.50. The number of rotatable bonds is 5. The quantitative estimate of drug-likeness (QED) is 0.665. The van der Waals surface area contributed by atoms with E-state index in [0.717, 1.165) is 49.5 Å². The second kappa shape index (κ2) is 8.32. The molecule has 8 atom stereocenters. The number of aromatic hydroxyl groups is 2. The fraction of sp³-hybridized carbons (Fsp3) is 0.846. The number of nitrogens with zero attached hydrogens (tertiary/aromatic N) is 2. The second-order valence-electron chi connectivity index (χ2n) is 12.1. The van der Waals surface area contributed by atoms with Crippen molar-refractivity contribution in [1.29, 1.82) is 0 Å². The van der Waals surface area contributed by atoms with Crippen molar-refractivity contribution in [3.63, 3.8) is 0 Å². The highest BCUT2D eigenvalue weighted by molar-refractivity contribution is 6.29. The van der Waals surface area contributed by atoms with Gasteiger partial charge in [0, 0.05) is 19.6 Å². The number of ketones is 1. The van der Waals surface area contributed by atoms with E-state index in [4.69, 9.17) is 12.6 Å². The summed E-state index contributed by atoms with van der Waals surface area (Å²) < 4.78 is 6.73. The van der Waals surface area contributed by atoms with Crippen LogP contribution in [-0.4, -0.2) is 47.1 Å². The van der Waals surface area contributed by atoms with Gasteiger partial charge in [0.2, 0.25) is 0 Å². The number of hydrogen-bond acceptors (Lipinski definition) is 5. The molecule has 0 amide bonds. The van der Waals surface area contributed by atoms with E-state index in [1.165, 1.54) is 43.1 Å². The van der Waals surface area contributed by atoms with Gasteiger partial charge in [0.05, 0.1) is 12.3 Å². The van der Waals surface area contributed by atoms with Gasteiger partial charge in [0.25, 0.3) is 11.8 Å². The summed E-state index contributed by atoms with van der Waals surface area (Å²) in [4.78, 5) is 17.1. The fourth-order valence-corrected chi connectivity index (χ4v) is 9.13. The summed E-state index contributed by atoms with van der Waals surface area (Å²) in [6.07, 6.45) is 10.9. The lowest BCUT2D eigenvalue weighted by molar-refractivity contribution is -0.138. The molecule has 4 aliphatic carbocycles. The van der Waals surface area contributed by atoms with Crippen molar-refractivity contribution in [2.24, 2.45) is 46.3 Å². The Kier molecular flexibility index (Phi) is 5.86. The maximum absolute atomic E-state index is 13.4. The van der Waals surface area contributed by atoms with Crippen molar-refractivity contribution in [2.75, 3.05) is 13.7 Å². The van der Waals surface area contributed by atoms with Crippen LogP contribution in [0.4, 0.5) is 0 Å². The summed E-state index contributed by atoms with van der Waals surface area (Å²) in [5.41, 5.74) is 0.435. The Morgan fingerprint density at radius 1 is 1.09 bits per heavy atom. The molecule has 1 heterocycles. The van der Waals surface area contributed by atoms with Gasteiger partial charge < -0.3 is 14.9 Å². The first-order chi connectivity index (χ1) is 15.7. The molecule has 2 radical (unpaired) electrons. The largest absolute Gasteiger partial charge is 0.491 e. The molecule has 0 aliphatic heterocycles. The molecule has 8 unspecified atom stereocenters. The Labute approximate surface area is 198 Å². The number of carbonyl (C=O) groups excluding carboxylic acids is 1. The SMILES string of the molecule is [B]c1nc(O)c(O)n1CC(=O)C1CCC2C3CCC4CC(COC)CCC4(C)C3CCC12C. The molecule has 1 aromatic heterocycles. The average molecular weight is 454 g/mol. The molecule has 33 heavy (non-hydrogen) atoms. The van der Waals surface area contributed by atoms with E-state index in [9.17, 15) is 15.0 Å². The number of carbonyl (C=O) groups is 1. The van der Waals surface area contributed by atoms with Crippen LogP contribution in [0.25, 0.3) is 0 Å². The summed E-state index contributed by atoms with van der Waals surface area (Å²) in [5, 5.41) is 19.7. The summed E-state index contributed by atoms with van der Waals surface area (Å²) in [6.45, 7) is 5.81. The second-order valence-corrected chi connectivity index (χ2v) is 12.1. The molecule has 2 N–H and O–H groups in total. The van der Waals surface area contributed by atoms with E-state index < -0.39 is 11.8 Å². The predicted molar refractivity (Wildman–Crippen MR) is 127 cm³/mol. The molecule has 0 bridgehead atoms. The van der Waals surface area contributed by atoms with Crippen LogP contribution in [0, 0.1) is 46.3 Å². The number of ether oxygens (including phenoxy) is 1. The Morgan fingerprint density at radius 2 is 1.82 bits per heavy atom. The van der Waals surface area contributed by atoms with E-state index in [1.54, 1.807) is 0 Å². The van der Waals surface area contributed by atoms with Crippen LogP contribution in [-0.2, 0) is 16.1 Å². The lowest BCUT2D eigenvalue weighted by Crippen LogP contribution is -2.54. The lowest BCUT2D eigenvalue weighted by atomic mass is 9.44. The summed E-state index contributed by atoms with van der Waals surface area (Å²) in [5.74, 6) is 2.79. The van der Waals surface area contributed by atoms with Crippen LogP contribution < -0.4 is 5.72 Å². The zero-order valence-electron chi connectivity index (χ0n) is 20.4. The van der Waals surface area contributed by atoms with Gasteiger partial charge in [-0.3, -0.25) is 9.36 Å². The maximum Gasteiger partial charge on any atom is 0.274 e. The molecule has 7 heteroatoms. The van der Waals surface area contributed by atoms with Gasteiger partial charge in [-0.05, 0) is 98.2 Å². The highest BCUT2D eigenvalue weighted by Crippen LogP contribution is 2.67. The van der Waals surface area contributed by atoms with Crippen molar-refractivity contribution >= 4 is 19.4 Å². The molecule has 180 valence electrons. The van der Waals surface area contributed by atoms with Gasteiger partial charge in [-0.15, -0.1) is 0 Å².